The van der Waals surface area contributed by atoms with Crippen LogP contribution in [0.4, 0.5) is 0 Å². The highest BCUT2D eigenvalue weighted by Gasteiger charge is 2.34. The summed E-state index contributed by atoms with van der Waals surface area (Å²) in [5, 5.41) is 4.91. The molecule has 6 rings (SSSR count). The number of aromatic nitrogens is 3. The van der Waals surface area contributed by atoms with Crippen LogP contribution in [0.3, 0.4) is 0 Å². The fourth-order valence-corrected chi connectivity index (χ4v) is 6.80. The van der Waals surface area contributed by atoms with Gasteiger partial charge in [-0.05, 0) is 61.0 Å². The summed E-state index contributed by atoms with van der Waals surface area (Å²) in [6.45, 7) is 6.58. The molecule has 260 valence electrons. The number of carbonyl (C=O) groups excluding carboxylic acids is 2. The molecule has 0 amide bonds. The number of para-hydroxylation sites is 1. The van der Waals surface area contributed by atoms with Gasteiger partial charge in [-0.15, -0.1) is 0 Å². The minimum Gasteiger partial charge on any atom is -0.493 e. The maximum atomic E-state index is 14.5. The van der Waals surface area contributed by atoms with Gasteiger partial charge in [0.2, 0.25) is 0 Å². The molecular formula is C38H34N4O8S. The van der Waals surface area contributed by atoms with Gasteiger partial charge in [0.05, 0.1) is 48.9 Å². The van der Waals surface area contributed by atoms with Gasteiger partial charge in [-0.25, -0.2) is 14.5 Å². The van der Waals surface area contributed by atoms with Crippen molar-refractivity contribution in [3.05, 3.63) is 128 Å². The van der Waals surface area contributed by atoms with Crippen molar-refractivity contribution in [1.29, 1.82) is 0 Å². The standard InChI is InChI=1S/C38H34N4O8S/c1-7-17-49-37(45)33-22(2)39-38-42(35(33)25-14-16-29(50-23(3)43)31(19-25)48-6)36(44)32(51-38)20-26-21-41(27-11-9-8-10-12-27)40-34(26)24-13-15-28(46-4)30(18-24)47-5/h7-16,18-21,35H,1,17H2,2-6H3. The number of hydrogen-bond donors (Lipinski definition) is 0. The van der Waals surface area contributed by atoms with Gasteiger partial charge in [0.25, 0.3) is 5.56 Å². The van der Waals surface area contributed by atoms with E-state index in [0.717, 1.165) is 11.3 Å². The Morgan fingerprint density at radius 3 is 2.33 bits per heavy atom. The van der Waals surface area contributed by atoms with E-state index < -0.39 is 18.0 Å². The van der Waals surface area contributed by atoms with E-state index in [2.05, 4.69) is 6.58 Å². The maximum absolute atomic E-state index is 14.5. The number of hydrogen-bond acceptors (Lipinski definition) is 11. The Morgan fingerprint density at radius 1 is 0.941 bits per heavy atom. The molecule has 0 saturated carbocycles. The second kappa shape index (κ2) is 14.7. The van der Waals surface area contributed by atoms with Crippen molar-refractivity contribution in [3.8, 4) is 39.9 Å². The monoisotopic (exact) mass is 706 g/mol. The smallest absolute Gasteiger partial charge is 0.338 e. The third-order valence-electron chi connectivity index (χ3n) is 8.04. The van der Waals surface area contributed by atoms with Gasteiger partial charge < -0.3 is 23.7 Å². The molecule has 3 heterocycles. The SMILES string of the molecule is C=CCOC(=O)C1=C(C)N=c2sc(=Cc3cn(-c4ccccc4)nc3-c3ccc(OC)c(OC)c3)c(=O)n2C1c1ccc(OC(C)=O)c(OC)c1. The first-order chi connectivity index (χ1) is 24.7. The minimum absolute atomic E-state index is 0.0359. The van der Waals surface area contributed by atoms with E-state index in [9.17, 15) is 14.4 Å². The zero-order chi connectivity index (χ0) is 36.2. The average molecular weight is 707 g/mol. The van der Waals surface area contributed by atoms with Gasteiger partial charge in [-0.1, -0.05) is 48.3 Å². The van der Waals surface area contributed by atoms with E-state index in [1.165, 1.54) is 36.0 Å². The van der Waals surface area contributed by atoms with Crippen LogP contribution in [0.15, 0.2) is 107 Å². The first-order valence-electron chi connectivity index (χ1n) is 15.7. The molecule has 3 aromatic carbocycles. The molecule has 51 heavy (non-hydrogen) atoms. The summed E-state index contributed by atoms with van der Waals surface area (Å²) < 4.78 is 30.9. The summed E-state index contributed by atoms with van der Waals surface area (Å²) in [7, 11) is 4.56. The molecule has 0 fully saturated rings. The van der Waals surface area contributed by atoms with Crippen molar-refractivity contribution in [2.24, 2.45) is 4.99 Å². The highest BCUT2D eigenvalue weighted by Crippen LogP contribution is 2.37. The topological polar surface area (TPSA) is 132 Å². The van der Waals surface area contributed by atoms with Crippen molar-refractivity contribution in [3.63, 3.8) is 0 Å². The maximum Gasteiger partial charge on any atom is 0.338 e. The van der Waals surface area contributed by atoms with Crippen LogP contribution in [0.25, 0.3) is 23.0 Å². The molecule has 13 heteroatoms. The van der Waals surface area contributed by atoms with Gasteiger partial charge in [-0.3, -0.25) is 14.2 Å². The van der Waals surface area contributed by atoms with Gasteiger partial charge in [0.1, 0.15) is 12.3 Å². The Hall–Kier alpha value is -6.21. The first kappa shape index (κ1) is 34.6. The summed E-state index contributed by atoms with van der Waals surface area (Å²) in [4.78, 5) is 44.8. The summed E-state index contributed by atoms with van der Waals surface area (Å²) in [6.07, 6.45) is 5.07. The Labute approximate surface area is 296 Å². The highest BCUT2D eigenvalue weighted by molar-refractivity contribution is 7.07. The fraction of sp³-hybridized carbons (Fsp3) is 0.184. The number of carbonyl (C=O) groups is 2. The van der Waals surface area contributed by atoms with Crippen molar-refractivity contribution in [1.82, 2.24) is 14.3 Å². The lowest BCUT2D eigenvalue weighted by Gasteiger charge is -2.25. The largest absolute Gasteiger partial charge is 0.493 e. The normalized spacial score (nSPS) is 14.0. The van der Waals surface area contributed by atoms with E-state index in [4.69, 9.17) is 33.8 Å². The van der Waals surface area contributed by atoms with Crippen molar-refractivity contribution in [2.75, 3.05) is 27.9 Å². The number of ether oxygens (including phenoxy) is 5. The lowest BCUT2D eigenvalue weighted by Crippen LogP contribution is -2.40. The van der Waals surface area contributed by atoms with E-state index in [0.29, 0.717) is 43.4 Å². The number of thiazole rings is 1. The van der Waals surface area contributed by atoms with Crippen LogP contribution in [0.5, 0.6) is 23.0 Å². The van der Waals surface area contributed by atoms with E-state index in [-0.39, 0.29) is 29.2 Å². The molecule has 0 aliphatic carbocycles. The van der Waals surface area contributed by atoms with E-state index >= 15 is 0 Å². The van der Waals surface area contributed by atoms with Gasteiger partial charge in [0.15, 0.2) is 27.8 Å². The number of fused-ring (bicyclic) bond motifs is 1. The number of nitrogens with zero attached hydrogens (tertiary/aromatic N) is 4. The second-order valence-corrected chi connectivity index (χ2v) is 12.3. The van der Waals surface area contributed by atoms with Gasteiger partial charge >= 0.3 is 11.9 Å². The molecule has 12 nitrogen and oxygen atoms in total. The molecule has 1 atom stereocenters. The Bertz CT molecular complexity index is 2370. The van der Waals surface area contributed by atoms with Crippen LogP contribution < -0.4 is 33.8 Å². The van der Waals surface area contributed by atoms with Gasteiger partial charge in [0, 0.05) is 24.2 Å². The summed E-state index contributed by atoms with van der Waals surface area (Å²) >= 11 is 1.18. The summed E-state index contributed by atoms with van der Waals surface area (Å²) in [5.74, 6) is 0.340. The zero-order valence-electron chi connectivity index (χ0n) is 28.5. The Morgan fingerprint density at radius 2 is 1.65 bits per heavy atom. The first-order valence-corrected chi connectivity index (χ1v) is 16.5. The number of allylic oxidation sites excluding steroid dienone is 1. The predicted octanol–water partition coefficient (Wildman–Crippen LogP) is 4.77. The molecule has 5 aromatic rings. The molecular weight excluding hydrogens is 673 g/mol. The molecule has 0 bridgehead atoms. The van der Waals surface area contributed by atoms with Crippen LogP contribution in [0.1, 0.15) is 31.0 Å². The highest BCUT2D eigenvalue weighted by atomic mass is 32.1. The fourth-order valence-electron chi connectivity index (χ4n) is 5.76. The Balaban J connectivity index is 1.56. The van der Waals surface area contributed by atoms with Gasteiger partial charge in [-0.2, -0.15) is 5.10 Å². The van der Waals surface area contributed by atoms with Crippen LogP contribution in [-0.2, 0) is 14.3 Å². The minimum atomic E-state index is -0.946. The second-order valence-electron chi connectivity index (χ2n) is 11.3. The molecule has 1 aliphatic heterocycles. The lowest BCUT2D eigenvalue weighted by atomic mass is 9.95. The molecule has 1 unspecified atom stereocenters. The number of benzene rings is 3. The van der Waals surface area contributed by atoms with Crippen LogP contribution in [-0.4, -0.2) is 54.2 Å². The molecule has 1 aliphatic rings. The van der Waals surface area contributed by atoms with Crippen molar-refractivity contribution >= 4 is 29.4 Å². The predicted molar refractivity (Wildman–Crippen MR) is 191 cm³/mol. The molecule has 0 radical (unpaired) electrons. The number of methoxy groups -OCH3 is 3. The third kappa shape index (κ3) is 6.83. The van der Waals surface area contributed by atoms with E-state index in [1.54, 1.807) is 56.2 Å². The van der Waals surface area contributed by atoms with Crippen LogP contribution >= 0.6 is 11.3 Å². The summed E-state index contributed by atoms with van der Waals surface area (Å²) in [6, 6.07) is 19.0. The lowest BCUT2D eigenvalue weighted by molar-refractivity contribution is -0.138. The molecule has 0 spiro atoms. The zero-order valence-corrected chi connectivity index (χ0v) is 29.4. The number of rotatable bonds is 11. The van der Waals surface area contributed by atoms with Crippen molar-refractivity contribution in [2.45, 2.75) is 19.9 Å². The average Bonchev–Trinajstić information content (AvgIpc) is 3.70. The summed E-state index contributed by atoms with van der Waals surface area (Å²) in [5.41, 5.74) is 3.48. The Kier molecular flexibility index (Phi) is 10.0. The van der Waals surface area contributed by atoms with E-state index in [1.807, 2.05) is 48.7 Å². The van der Waals surface area contributed by atoms with Crippen LogP contribution in [0, 0.1) is 0 Å². The quantitative estimate of drug-likeness (QED) is 0.108. The number of esters is 2. The third-order valence-corrected chi connectivity index (χ3v) is 9.02. The molecule has 2 aromatic heterocycles. The molecule has 0 N–H and O–H groups in total. The van der Waals surface area contributed by atoms with Crippen molar-refractivity contribution < 1.29 is 33.3 Å². The van der Waals surface area contributed by atoms with Crippen LogP contribution in [0.2, 0.25) is 0 Å². The molecule has 0 saturated heterocycles.